The number of anilines is 1. The van der Waals surface area contributed by atoms with E-state index < -0.39 is 0 Å². The molecule has 0 aliphatic heterocycles. The lowest BCUT2D eigenvalue weighted by Crippen LogP contribution is -1.92. The Morgan fingerprint density at radius 3 is 2.71 bits per heavy atom. The number of benzene rings is 1. The molecular weight excluding hydrogens is 210 g/mol. The Hall–Kier alpha value is -2.29. The van der Waals surface area contributed by atoms with Crippen LogP contribution in [0.25, 0.3) is 16.9 Å². The number of imidazole rings is 1. The molecule has 3 aromatic rings. The van der Waals surface area contributed by atoms with Crippen LogP contribution in [0.3, 0.4) is 0 Å². The summed E-state index contributed by atoms with van der Waals surface area (Å²) in [6, 6.07) is 14.3. The van der Waals surface area contributed by atoms with Gasteiger partial charge in [-0.25, -0.2) is 4.98 Å². The molecule has 0 bridgehead atoms. The van der Waals surface area contributed by atoms with Crippen LogP contribution in [0.5, 0.6) is 0 Å². The minimum Gasteiger partial charge on any atom is -0.388 e. The van der Waals surface area contributed by atoms with E-state index in [9.17, 15) is 0 Å². The third-order valence-corrected chi connectivity index (χ3v) is 2.85. The molecule has 3 rings (SSSR count). The van der Waals surface area contributed by atoms with E-state index in [1.165, 1.54) is 0 Å². The largest absolute Gasteiger partial charge is 0.388 e. The molecule has 0 amide bonds. The van der Waals surface area contributed by atoms with Crippen molar-refractivity contribution in [3.8, 4) is 11.4 Å². The van der Waals surface area contributed by atoms with Gasteiger partial charge in [0.1, 0.15) is 5.82 Å². The highest BCUT2D eigenvalue weighted by atomic mass is 15.0. The second kappa shape index (κ2) is 3.94. The van der Waals surface area contributed by atoms with Crippen LogP contribution in [-0.2, 0) is 0 Å². The third-order valence-electron chi connectivity index (χ3n) is 2.85. The smallest absolute Gasteiger partial charge is 0.144 e. The molecule has 1 N–H and O–H groups in total. The summed E-state index contributed by atoms with van der Waals surface area (Å²) in [7, 11) is 1.92. The van der Waals surface area contributed by atoms with E-state index in [1.54, 1.807) is 0 Å². The summed E-state index contributed by atoms with van der Waals surface area (Å²) >= 11 is 0. The van der Waals surface area contributed by atoms with Crippen LogP contribution in [0.1, 0.15) is 0 Å². The van der Waals surface area contributed by atoms with Crippen molar-refractivity contribution in [1.29, 1.82) is 0 Å². The van der Waals surface area contributed by atoms with Crippen molar-refractivity contribution in [3.05, 3.63) is 54.9 Å². The van der Waals surface area contributed by atoms with Crippen LogP contribution in [0, 0.1) is 0 Å². The van der Waals surface area contributed by atoms with Crippen LogP contribution < -0.4 is 5.32 Å². The summed E-state index contributed by atoms with van der Waals surface area (Å²) in [5.41, 5.74) is 3.32. The maximum atomic E-state index is 4.48. The van der Waals surface area contributed by atoms with Crippen LogP contribution in [-0.4, -0.2) is 16.4 Å². The first-order valence-corrected chi connectivity index (χ1v) is 5.59. The highest BCUT2D eigenvalue weighted by Crippen LogP contribution is 2.21. The Morgan fingerprint density at radius 2 is 1.94 bits per heavy atom. The van der Waals surface area contributed by atoms with Gasteiger partial charge in [-0.05, 0) is 12.1 Å². The number of aromatic nitrogens is 2. The topological polar surface area (TPSA) is 29.3 Å². The van der Waals surface area contributed by atoms with Gasteiger partial charge in [-0.15, -0.1) is 0 Å². The number of rotatable bonds is 2. The van der Waals surface area contributed by atoms with E-state index in [0.29, 0.717) is 0 Å². The Morgan fingerprint density at radius 1 is 1.12 bits per heavy atom. The van der Waals surface area contributed by atoms with Gasteiger partial charge in [-0.1, -0.05) is 30.3 Å². The standard InChI is InChI=1S/C14H13N3/c1-15-12-7-8-17-13(9-12)10-16-14(17)11-5-3-2-4-6-11/h2-10,15H,1H3. The highest BCUT2D eigenvalue weighted by molar-refractivity contribution is 5.65. The summed E-state index contributed by atoms with van der Waals surface area (Å²) in [5.74, 6) is 0.975. The fourth-order valence-corrected chi connectivity index (χ4v) is 1.96. The van der Waals surface area contributed by atoms with Crippen molar-refractivity contribution in [3.63, 3.8) is 0 Å². The second-order valence-corrected chi connectivity index (χ2v) is 3.91. The summed E-state index contributed by atoms with van der Waals surface area (Å²) in [5, 5.41) is 3.13. The van der Waals surface area contributed by atoms with Crippen molar-refractivity contribution in [2.75, 3.05) is 12.4 Å². The zero-order valence-corrected chi connectivity index (χ0v) is 9.59. The number of fused-ring (bicyclic) bond motifs is 1. The Labute approximate surface area is 99.7 Å². The summed E-state index contributed by atoms with van der Waals surface area (Å²) in [6.07, 6.45) is 3.93. The Kier molecular flexibility index (Phi) is 2.29. The van der Waals surface area contributed by atoms with Gasteiger partial charge in [-0.3, -0.25) is 4.40 Å². The van der Waals surface area contributed by atoms with Crippen LogP contribution in [0.4, 0.5) is 5.69 Å². The monoisotopic (exact) mass is 223 g/mol. The fraction of sp³-hybridized carbons (Fsp3) is 0.0714. The van der Waals surface area contributed by atoms with Crippen molar-refractivity contribution < 1.29 is 0 Å². The minimum absolute atomic E-state index is 0.975. The molecule has 17 heavy (non-hydrogen) atoms. The lowest BCUT2D eigenvalue weighted by atomic mass is 10.2. The third kappa shape index (κ3) is 1.65. The summed E-state index contributed by atoms with van der Waals surface area (Å²) in [4.78, 5) is 4.48. The van der Waals surface area contributed by atoms with E-state index >= 15 is 0 Å². The van der Waals surface area contributed by atoms with E-state index in [-0.39, 0.29) is 0 Å². The minimum atomic E-state index is 0.975. The van der Waals surface area contributed by atoms with Crippen molar-refractivity contribution in [2.45, 2.75) is 0 Å². The van der Waals surface area contributed by atoms with E-state index in [4.69, 9.17) is 0 Å². The van der Waals surface area contributed by atoms with Crippen LogP contribution in [0.15, 0.2) is 54.9 Å². The van der Waals surface area contributed by atoms with Gasteiger partial charge in [0, 0.05) is 24.5 Å². The predicted octanol–water partition coefficient (Wildman–Crippen LogP) is 3.04. The average molecular weight is 223 g/mol. The maximum Gasteiger partial charge on any atom is 0.144 e. The van der Waals surface area contributed by atoms with E-state index in [0.717, 1.165) is 22.6 Å². The molecule has 3 heteroatoms. The van der Waals surface area contributed by atoms with E-state index in [2.05, 4.69) is 32.9 Å². The highest BCUT2D eigenvalue weighted by Gasteiger charge is 2.05. The predicted molar refractivity (Wildman–Crippen MR) is 70.2 cm³/mol. The maximum absolute atomic E-state index is 4.48. The van der Waals surface area contributed by atoms with Gasteiger partial charge >= 0.3 is 0 Å². The first-order chi connectivity index (χ1) is 8.38. The normalized spacial score (nSPS) is 10.6. The quantitative estimate of drug-likeness (QED) is 0.723. The molecule has 0 saturated carbocycles. The molecule has 84 valence electrons. The lowest BCUT2D eigenvalue weighted by Gasteiger charge is -2.03. The Bertz CT molecular complexity index is 641. The molecule has 3 nitrogen and oxygen atoms in total. The van der Waals surface area contributed by atoms with Gasteiger partial charge in [0.2, 0.25) is 0 Å². The Balaban J connectivity index is 2.19. The number of pyridine rings is 1. The van der Waals surface area contributed by atoms with Gasteiger partial charge in [0.25, 0.3) is 0 Å². The van der Waals surface area contributed by atoms with Crippen molar-refractivity contribution in [1.82, 2.24) is 9.38 Å². The van der Waals surface area contributed by atoms with Crippen LogP contribution in [0.2, 0.25) is 0 Å². The average Bonchev–Trinajstić information content (AvgIpc) is 2.82. The molecule has 2 heterocycles. The van der Waals surface area contributed by atoms with Crippen molar-refractivity contribution >= 4 is 11.2 Å². The van der Waals surface area contributed by atoms with Crippen molar-refractivity contribution in [2.24, 2.45) is 0 Å². The van der Waals surface area contributed by atoms with Gasteiger partial charge in [-0.2, -0.15) is 0 Å². The zero-order chi connectivity index (χ0) is 11.7. The number of nitrogens with zero attached hydrogens (tertiary/aromatic N) is 2. The fourth-order valence-electron chi connectivity index (χ4n) is 1.96. The number of hydrogen-bond acceptors (Lipinski definition) is 2. The lowest BCUT2D eigenvalue weighted by molar-refractivity contribution is 1.16. The molecule has 0 unspecified atom stereocenters. The molecule has 2 aromatic heterocycles. The molecule has 0 radical (unpaired) electrons. The molecule has 0 saturated heterocycles. The number of nitrogens with one attached hydrogen (secondary N) is 1. The molecule has 0 aliphatic carbocycles. The molecule has 1 aromatic carbocycles. The molecule has 0 atom stereocenters. The number of hydrogen-bond donors (Lipinski definition) is 1. The van der Waals surface area contributed by atoms with Gasteiger partial charge < -0.3 is 5.32 Å². The van der Waals surface area contributed by atoms with Gasteiger partial charge in [0.15, 0.2) is 0 Å². The first kappa shape index (κ1) is 9.90. The molecule has 0 fully saturated rings. The first-order valence-electron chi connectivity index (χ1n) is 5.59. The second-order valence-electron chi connectivity index (χ2n) is 3.91. The SMILES string of the molecule is CNc1ccn2c(-c3ccccc3)ncc2c1. The molecule has 0 spiro atoms. The zero-order valence-electron chi connectivity index (χ0n) is 9.59. The summed E-state index contributed by atoms with van der Waals surface area (Å²) in [6.45, 7) is 0. The molecule has 0 aliphatic rings. The summed E-state index contributed by atoms with van der Waals surface area (Å²) < 4.78 is 2.09. The van der Waals surface area contributed by atoms with E-state index in [1.807, 2.05) is 43.7 Å². The molecular formula is C14H13N3. The van der Waals surface area contributed by atoms with Gasteiger partial charge in [0.05, 0.1) is 11.7 Å². The van der Waals surface area contributed by atoms with Crippen LogP contribution >= 0.6 is 0 Å².